The van der Waals surface area contributed by atoms with E-state index < -0.39 is 0 Å². The second-order valence-electron chi connectivity index (χ2n) is 6.70. The highest BCUT2D eigenvalue weighted by Gasteiger charge is 2.29. The normalized spacial score (nSPS) is 20.4. The third kappa shape index (κ3) is 3.83. The molecule has 0 heterocycles. The van der Waals surface area contributed by atoms with Crippen molar-refractivity contribution < 1.29 is 5.11 Å². The zero-order valence-corrected chi connectivity index (χ0v) is 13.2. The Morgan fingerprint density at radius 2 is 1.60 bits per heavy atom. The Balaban J connectivity index is 2.18. The minimum atomic E-state index is -0.328. The smallest absolute Gasteiger partial charge is 0.0652 e. The molecule has 1 aromatic carbocycles. The Bertz CT molecular complexity index is 415. The Morgan fingerprint density at radius 1 is 1.05 bits per heavy atom. The summed E-state index contributed by atoms with van der Waals surface area (Å²) in [5.74, 6) is 0. The van der Waals surface area contributed by atoms with Gasteiger partial charge in [-0.2, -0.15) is 0 Å². The summed E-state index contributed by atoms with van der Waals surface area (Å²) in [7, 11) is 0. The molecule has 1 aromatic rings. The fraction of sp³-hybridized carbons (Fsp3) is 0.667. The van der Waals surface area contributed by atoms with Crippen LogP contribution < -0.4 is 5.32 Å². The molecular formula is C18H29NO. The van der Waals surface area contributed by atoms with Gasteiger partial charge < -0.3 is 10.4 Å². The molecule has 2 heteroatoms. The maximum absolute atomic E-state index is 9.96. The largest absolute Gasteiger partial charge is 0.394 e. The van der Waals surface area contributed by atoms with Gasteiger partial charge in [0.05, 0.1) is 12.1 Å². The number of nitrogens with one attached hydrogen (secondary N) is 1. The van der Waals surface area contributed by atoms with Crippen molar-refractivity contribution in [3.63, 3.8) is 0 Å². The number of aliphatic hydroxyl groups excluding tert-OH is 1. The predicted octanol–water partition coefficient (Wildman–Crippen LogP) is 3.82. The van der Waals surface area contributed by atoms with E-state index >= 15 is 0 Å². The van der Waals surface area contributed by atoms with Crippen LogP contribution in [0.5, 0.6) is 0 Å². The van der Waals surface area contributed by atoms with Crippen molar-refractivity contribution in [3.8, 4) is 0 Å². The number of aliphatic hydroxyl groups is 1. The second-order valence-corrected chi connectivity index (χ2v) is 6.70. The summed E-state index contributed by atoms with van der Waals surface area (Å²) >= 11 is 0. The van der Waals surface area contributed by atoms with Gasteiger partial charge in [-0.15, -0.1) is 0 Å². The quantitative estimate of drug-likeness (QED) is 0.819. The van der Waals surface area contributed by atoms with Crippen molar-refractivity contribution in [1.29, 1.82) is 0 Å². The third-order valence-corrected chi connectivity index (χ3v) is 4.55. The van der Waals surface area contributed by atoms with Crippen LogP contribution in [-0.2, 0) is 5.54 Å². The van der Waals surface area contributed by atoms with Gasteiger partial charge in [0.2, 0.25) is 0 Å². The summed E-state index contributed by atoms with van der Waals surface area (Å²) in [6.07, 6.45) is 7.81. The lowest BCUT2D eigenvalue weighted by atomic mass is 9.88. The number of hydrogen-bond donors (Lipinski definition) is 2. The van der Waals surface area contributed by atoms with Crippen LogP contribution in [0.1, 0.15) is 62.1 Å². The van der Waals surface area contributed by atoms with E-state index in [-0.39, 0.29) is 12.1 Å². The topological polar surface area (TPSA) is 32.3 Å². The average Bonchev–Trinajstić information content (AvgIpc) is 2.66. The van der Waals surface area contributed by atoms with Gasteiger partial charge in [0.1, 0.15) is 0 Å². The molecule has 2 nitrogen and oxygen atoms in total. The maximum Gasteiger partial charge on any atom is 0.0652 e. The van der Waals surface area contributed by atoms with Gasteiger partial charge >= 0.3 is 0 Å². The first-order valence-corrected chi connectivity index (χ1v) is 8.01. The molecule has 1 fully saturated rings. The average molecular weight is 275 g/mol. The highest BCUT2D eigenvalue weighted by Crippen LogP contribution is 2.26. The first kappa shape index (κ1) is 15.5. The molecule has 2 rings (SSSR count). The monoisotopic (exact) mass is 275 g/mol. The van der Waals surface area contributed by atoms with E-state index in [9.17, 15) is 5.11 Å². The van der Waals surface area contributed by atoms with Crippen molar-refractivity contribution in [2.24, 2.45) is 0 Å². The van der Waals surface area contributed by atoms with Gasteiger partial charge in [0.25, 0.3) is 0 Å². The molecule has 1 aliphatic rings. The molecule has 2 N–H and O–H groups in total. The van der Waals surface area contributed by atoms with Crippen molar-refractivity contribution in [2.45, 2.75) is 70.9 Å². The lowest BCUT2D eigenvalue weighted by Crippen LogP contribution is -2.48. The van der Waals surface area contributed by atoms with E-state index in [1.54, 1.807) is 0 Å². The van der Waals surface area contributed by atoms with Crippen molar-refractivity contribution >= 4 is 0 Å². The fourth-order valence-corrected chi connectivity index (χ4v) is 3.39. The molecule has 20 heavy (non-hydrogen) atoms. The Hall–Kier alpha value is -0.860. The van der Waals surface area contributed by atoms with Crippen LogP contribution in [0.15, 0.2) is 18.2 Å². The minimum absolute atomic E-state index is 0.145. The van der Waals surface area contributed by atoms with Gasteiger partial charge in [0, 0.05) is 6.04 Å². The van der Waals surface area contributed by atoms with Gasteiger partial charge in [-0.25, -0.2) is 0 Å². The summed E-state index contributed by atoms with van der Waals surface area (Å²) in [5, 5.41) is 13.7. The zero-order valence-electron chi connectivity index (χ0n) is 13.2. The maximum atomic E-state index is 9.96. The van der Waals surface area contributed by atoms with Gasteiger partial charge in [-0.05, 0) is 39.2 Å². The van der Waals surface area contributed by atoms with Gasteiger partial charge in [-0.1, -0.05) is 55.0 Å². The molecule has 112 valence electrons. The van der Waals surface area contributed by atoms with Crippen LogP contribution in [-0.4, -0.2) is 17.8 Å². The van der Waals surface area contributed by atoms with Crippen LogP contribution in [0.4, 0.5) is 0 Å². The molecule has 0 radical (unpaired) electrons. The summed E-state index contributed by atoms with van der Waals surface area (Å²) < 4.78 is 0. The number of hydrogen-bond acceptors (Lipinski definition) is 2. The van der Waals surface area contributed by atoms with Gasteiger partial charge in [0.15, 0.2) is 0 Å². The Labute approximate surface area is 123 Å². The molecule has 0 bridgehead atoms. The first-order chi connectivity index (χ1) is 9.53. The van der Waals surface area contributed by atoms with E-state index in [1.165, 1.54) is 55.2 Å². The van der Waals surface area contributed by atoms with Crippen LogP contribution in [0, 0.1) is 13.8 Å². The molecule has 0 saturated heterocycles. The lowest BCUT2D eigenvalue weighted by Gasteiger charge is -2.34. The number of benzene rings is 1. The SMILES string of the molecule is Cc1cc(C)cc(C(C)(CO)NC2CCCCCC2)c1. The molecule has 1 saturated carbocycles. The van der Waals surface area contributed by atoms with Crippen LogP contribution in [0.25, 0.3) is 0 Å². The third-order valence-electron chi connectivity index (χ3n) is 4.55. The van der Waals surface area contributed by atoms with Crippen LogP contribution >= 0.6 is 0 Å². The molecule has 1 unspecified atom stereocenters. The molecular weight excluding hydrogens is 246 g/mol. The molecule has 0 aromatic heterocycles. The summed E-state index contributed by atoms with van der Waals surface area (Å²) in [5.41, 5.74) is 3.41. The summed E-state index contributed by atoms with van der Waals surface area (Å²) in [6.45, 7) is 6.53. The molecule has 0 spiro atoms. The first-order valence-electron chi connectivity index (χ1n) is 8.01. The Kier molecular flexibility index (Phi) is 5.22. The Morgan fingerprint density at radius 3 is 2.10 bits per heavy atom. The fourth-order valence-electron chi connectivity index (χ4n) is 3.39. The molecule has 1 aliphatic carbocycles. The zero-order chi connectivity index (χ0) is 14.6. The van der Waals surface area contributed by atoms with Crippen LogP contribution in [0.3, 0.4) is 0 Å². The molecule has 0 amide bonds. The second kappa shape index (κ2) is 6.73. The predicted molar refractivity (Wildman–Crippen MR) is 85.0 cm³/mol. The van der Waals surface area contributed by atoms with E-state index in [1.807, 2.05) is 0 Å². The lowest BCUT2D eigenvalue weighted by molar-refractivity contribution is 0.157. The molecule has 1 atom stereocenters. The van der Waals surface area contributed by atoms with Crippen molar-refractivity contribution in [2.75, 3.05) is 6.61 Å². The van der Waals surface area contributed by atoms with Crippen molar-refractivity contribution in [1.82, 2.24) is 5.32 Å². The highest BCUT2D eigenvalue weighted by atomic mass is 16.3. The highest BCUT2D eigenvalue weighted by molar-refractivity contribution is 5.33. The van der Waals surface area contributed by atoms with Gasteiger partial charge in [-0.3, -0.25) is 0 Å². The van der Waals surface area contributed by atoms with E-state index in [0.29, 0.717) is 6.04 Å². The van der Waals surface area contributed by atoms with E-state index in [0.717, 1.165) is 0 Å². The van der Waals surface area contributed by atoms with E-state index in [4.69, 9.17) is 0 Å². The number of rotatable bonds is 4. The standard InChI is InChI=1S/C18H29NO/c1-14-10-15(2)12-16(11-14)18(3,13-20)19-17-8-6-4-5-7-9-17/h10-12,17,19-20H,4-9,13H2,1-3H3. The van der Waals surface area contributed by atoms with Crippen molar-refractivity contribution in [3.05, 3.63) is 34.9 Å². The van der Waals surface area contributed by atoms with E-state index in [2.05, 4.69) is 44.3 Å². The van der Waals surface area contributed by atoms with Crippen LogP contribution in [0.2, 0.25) is 0 Å². The number of aryl methyl sites for hydroxylation is 2. The molecule has 0 aliphatic heterocycles. The summed E-state index contributed by atoms with van der Waals surface area (Å²) in [4.78, 5) is 0. The summed E-state index contributed by atoms with van der Waals surface area (Å²) in [6, 6.07) is 7.13. The minimum Gasteiger partial charge on any atom is -0.394 e.